The largest absolute Gasteiger partial charge is 0.473 e. The molecule has 22 heavy (non-hydrogen) atoms. The van der Waals surface area contributed by atoms with Gasteiger partial charge in [0.25, 0.3) is 0 Å². The smallest absolute Gasteiger partial charge is 0.414 e. The van der Waals surface area contributed by atoms with Crippen molar-refractivity contribution in [3.8, 4) is 0 Å². The average Bonchev–Trinajstić information content (AvgIpc) is 2.44. The highest BCUT2D eigenvalue weighted by atomic mass is 16.5. The molecule has 0 spiro atoms. The monoisotopic (exact) mass is 321 g/mol. The van der Waals surface area contributed by atoms with E-state index in [0.717, 1.165) is 13.0 Å². The van der Waals surface area contributed by atoms with Gasteiger partial charge in [0.15, 0.2) is 0 Å². The first kappa shape index (κ1) is 23.1. The van der Waals surface area contributed by atoms with Gasteiger partial charge in [0.1, 0.15) is 0 Å². The van der Waals surface area contributed by atoms with Crippen LogP contribution in [0.2, 0.25) is 0 Å². The molecule has 0 aromatic rings. The van der Waals surface area contributed by atoms with Crippen LogP contribution in [-0.2, 0) is 14.3 Å². The number of aliphatic hydroxyl groups is 1. The third kappa shape index (κ3) is 21.1. The molecule has 0 aromatic carbocycles. The summed E-state index contributed by atoms with van der Waals surface area (Å²) in [6, 6.07) is 0.420. The Morgan fingerprint density at radius 3 is 2.05 bits per heavy atom. The molecule has 1 unspecified atom stereocenters. The molecule has 0 aromatic heterocycles. The van der Waals surface area contributed by atoms with Crippen LogP contribution in [-0.4, -0.2) is 59.2 Å². The number of aliphatic carboxylic acids is 2. The van der Waals surface area contributed by atoms with Gasteiger partial charge in [-0.1, -0.05) is 46.5 Å². The SMILES string of the molecule is CCCCCCCOCC(O)CNC(C)C.O=C(O)C(=O)O. The van der Waals surface area contributed by atoms with Gasteiger partial charge in [-0.3, -0.25) is 0 Å². The molecule has 0 bridgehead atoms. The predicted octanol–water partition coefficient (Wildman–Crippen LogP) is 1.49. The number of rotatable bonds is 11. The topological polar surface area (TPSA) is 116 Å². The Morgan fingerprint density at radius 1 is 1.05 bits per heavy atom. The van der Waals surface area contributed by atoms with Gasteiger partial charge in [-0.25, -0.2) is 9.59 Å². The van der Waals surface area contributed by atoms with Crippen LogP contribution in [0.1, 0.15) is 52.9 Å². The molecular weight excluding hydrogens is 290 g/mol. The molecule has 132 valence electrons. The number of carboxylic acids is 2. The second-order valence-electron chi connectivity index (χ2n) is 5.32. The Bertz CT molecular complexity index is 271. The lowest BCUT2D eigenvalue weighted by atomic mass is 10.2. The van der Waals surface area contributed by atoms with Crippen molar-refractivity contribution in [1.29, 1.82) is 0 Å². The summed E-state index contributed by atoms with van der Waals surface area (Å²) in [6.45, 7) is 8.21. The third-order valence-corrected chi connectivity index (χ3v) is 2.65. The number of carbonyl (C=O) groups is 2. The lowest BCUT2D eigenvalue weighted by Crippen LogP contribution is -2.34. The van der Waals surface area contributed by atoms with Crippen LogP contribution in [0.25, 0.3) is 0 Å². The fourth-order valence-electron chi connectivity index (χ4n) is 1.46. The molecule has 0 saturated carbocycles. The summed E-state index contributed by atoms with van der Waals surface area (Å²) in [6.07, 6.45) is 5.88. The molecule has 0 heterocycles. The maximum absolute atomic E-state index is 9.55. The Labute approximate surface area is 132 Å². The molecule has 0 fully saturated rings. The summed E-state index contributed by atoms with van der Waals surface area (Å²) in [5, 5.41) is 27.5. The van der Waals surface area contributed by atoms with E-state index in [1.165, 1.54) is 25.7 Å². The quantitative estimate of drug-likeness (QED) is 0.336. The maximum atomic E-state index is 9.55. The molecule has 0 aliphatic rings. The fourth-order valence-corrected chi connectivity index (χ4v) is 1.46. The second-order valence-corrected chi connectivity index (χ2v) is 5.32. The van der Waals surface area contributed by atoms with E-state index in [1.54, 1.807) is 0 Å². The van der Waals surface area contributed by atoms with Gasteiger partial charge in [0.05, 0.1) is 12.7 Å². The van der Waals surface area contributed by atoms with Crippen LogP contribution < -0.4 is 5.32 Å². The van der Waals surface area contributed by atoms with Gasteiger partial charge in [0.2, 0.25) is 0 Å². The van der Waals surface area contributed by atoms with Crippen LogP contribution >= 0.6 is 0 Å². The summed E-state index contributed by atoms with van der Waals surface area (Å²) in [7, 11) is 0. The van der Waals surface area contributed by atoms with Crippen molar-refractivity contribution in [1.82, 2.24) is 5.32 Å². The highest BCUT2D eigenvalue weighted by Crippen LogP contribution is 2.02. The number of hydrogen-bond donors (Lipinski definition) is 4. The van der Waals surface area contributed by atoms with Crippen LogP contribution in [0.3, 0.4) is 0 Å². The van der Waals surface area contributed by atoms with Crippen molar-refractivity contribution < 1.29 is 29.6 Å². The lowest BCUT2D eigenvalue weighted by molar-refractivity contribution is -0.159. The number of hydrogen-bond acceptors (Lipinski definition) is 5. The van der Waals surface area contributed by atoms with Crippen molar-refractivity contribution >= 4 is 11.9 Å². The van der Waals surface area contributed by atoms with Crippen LogP contribution in [0, 0.1) is 0 Å². The summed E-state index contributed by atoms with van der Waals surface area (Å²) >= 11 is 0. The highest BCUT2D eigenvalue weighted by Gasteiger charge is 2.04. The summed E-state index contributed by atoms with van der Waals surface area (Å²) in [5.41, 5.74) is 0. The first-order valence-corrected chi connectivity index (χ1v) is 7.76. The van der Waals surface area contributed by atoms with Gasteiger partial charge in [0, 0.05) is 19.2 Å². The number of ether oxygens (including phenoxy) is 1. The standard InChI is InChI=1S/C13H29NO2.C2H2O4/c1-4-5-6-7-8-9-16-11-13(15)10-14-12(2)3;3-1(4)2(5)6/h12-15H,4-11H2,1-3H3;(H,3,4)(H,5,6). The maximum Gasteiger partial charge on any atom is 0.414 e. The first-order chi connectivity index (χ1) is 10.3. The van der Waals surface area contributed by atoms with E-state index in [4.69, 9.17) is 24.5 Å². The molecule has 0 saturated heterocycles. The van der Waals surface area contributed by atoms with Crippen molar-refractivity contribution in [3.05, 3.63) is 0 Å². The van der Waals surface area contributed by atoms with Gasteiger partial charge in [-0.05, 0) is 6.42 Å². The number of aliphatic hydroxyl groups excluding tert-OH is 1. The Balaban J connectivity index is 0. The van der Waals surface area contributed by atoms with Crippen molar-refractivity contribution in [3.63, 3.8) is 0 Å². The minimum absolute atomic E-state index is 0.377. The van der Waals surface area contributed by atoms with Crippen LogP contribution in [0.15, 0.2) is 0 Å². The number of nitrogens with one attached hydrogen (secondary N) is 1. The van der Waals surface area contributed by atoms with E-state index in [1.807, 2.05) is 0 Å². The van der Waals surface area contributed by atoms with Gasteiger partial charge in [-0.15, -0.1) is 0 Å². The van der Waals surface area contributed by atoms with Gasteiger partial charge < -0.3 is 25.4 Å². The minimum atomic E-state index is -1.82. The van der Waals surface area contributed by atoms with E-state index in [9.17, 15) is 5.11 Å². The zero-order chi connectivity index (χ0) is 17.4. The minimum Gasteiger partial charge on any atom is -0.473 e. The fraction of sp³-hybridized carbons (Fsp3) is 0.867. The normalized spacial score (nSPS) is 11.7. The van der Waals surface area contributed by atoms with E-state index in [-0.39, 0.29) is 6.10 Å². The second kappa shape index (κ2) is 16.2. The molecule has 7 nitrogen and oxygen atoms in total. The zero-order valence-corrected chi connectivity index (χ0v) is 13.9. The average molecular weight is 321 g/mol. The van der Waals surface area contributed by atoms with Gasteiger partial charge >= 0.3 is 11.9 Å². The van der Waals surface area contributed by atoms with E-state index >= 15 is 0 Å². The molecule has 0 aliphatic carbocycles. The van der Waals surface area contributed by atoms with E-state index in [2.05, 4.69) is 26.1 Å². The van der Waals surface area contributed by atoms with Crippen LogP contribution in [0.5, 0.6) is 0 Å². The van der Waals surface area contributed by atoms with Crippen molar-refractivity contribution in [2.45, 2.75) is 65.0 Å². The third-order valence-electron chi connectivity index (χ3n) is 2.65. The summed E-state index contributed by atoms with van der Waals surface area (Å²) < 4.78 is 5.42. The Hall–Kier alpha value is -1.18. The molecule has 0 amide bonds. The molecular formula is C15H31NO6. The molecule has 0 radical (unpaired) electrons. The molecule has 0 aliphatic heterocycles. The number of unbranched alkanes of at least 4 members (excludes halogenated alkanes) is 4. The summed E-state index contributed by atoms with van der Waals surface area (Å²) in [5.74, 6) is -3.65. The molecule has 7 heteroatoms. The Kier molecular flexibility index (Phi) is 17.0. The van der Waals surface area contributed by atoms with Crippen molar-refractivity contribution in [2.24, 2.45) is 0 Å². The Morgan fingerprint density at radius 2 is 1.59 bits per heavy atom. The van der Waals surface area contributed by atoms with Crippen molar-refractivity contribution in [2.75, 3.05) is 19.8 Å². The molecule has 4 N–H and O–H groups in total. The molecule has 1 atom stereocenters. The summed E-state index contributed by atoms with van der Waals surface area (Å²) in [4.78, 5) is 18.2. The first-order valence-electron chi connectivity index (χ1n) is 7.76. The zero-order valence-electron chi connectivity index (χ0n) is 13.9. The molecule has 0 rings (SSSR count). The highest BCUT2D eigenvalue weighted by molar-refractivity contribution is 6.27. The predicted molar refractivity (Wildman–Crippen MR) is 84.0 cm³/mol. The van der Waals surface area contributed by atoms with Crippen LogP contribution in [0.4, 0.5) is 0 Å². The van der Waals surface area contributed by atoms with E-state index < -0.39 is 11.9 Å². The number of carboxylic acid groups (broad SMARTS) is 2. The van der Waals surface area contributed by atoms with Gasteiger partial charge in [-0.2, -0.15) is 0 Å². The lowest BCUT2D eigenvalue weighted by Gasteiger charge is -2.14. The van der Waals surface area contributed by atoms with E-state index in [0.29, 0.717) is 19.2 Å².